The molecule has 1 fully saturated rings. The molecule has 1 saturated heterocycles. The molecule has 0 radical (unpaired) electrons. The van der Waals surface area contributed by atoms with Crippen LogP contribution in [-0.4, -0.2) is 37.1 Å². The predicted molar refractivity (Wildman–Crippen MR) is 100 cm³/mol. The molecule has 2 aromatic carbocycles. The molecule has 132 valence electrons. The van der Waals surface area contributed by atoms with Crippen molar-refractivity contribution >= 4 is 29.0 Å². The molecule has 2 amide bonds. The smallest absolute Gasteiger partial charge is 0.322 e. The molecule has 1 aliphatic heterocycles. The number of amides is 2. The van der Waals surface area contributed by atoms with Crippen LogP contribution in [0.15, 0.2) is 36.4 Å². The summed E-state index contributed by atoms with van der Waals surface area (Å²) in [6.45, 7) is 6.52. The number of urea groups is 1. The van der Waals surface area contributed by atoms with E-state index in [1.807, 2.05) is 26.0 Å². The van der Waals surface area contributed by atoms with Crippen LogP contribution < -0.4 is 10.2 Å². The fourth-order valence-corrected chi connectivity index (χ4v) is 3.45. The van der Waals surface area contributed by atoms with Crippen LogP contribution in [0.5, 0.6) is 0 Å². The Hall–Kier alpha value is -2.27. The van der Waals surface area contributed by atoms with Gasteiger partial charge in [-0.1, -0.05) is 17.7 Å². The molecular weight excluding hydrogens is 341 g/mol. The SMILES string of the molecule is Cc1cc(C)c(NC(=O)N2CCN(c3ccc(F)cc3)CC2)c(Cl)c1. The van der Waals surface area contributed by atoms with E-state index in [4.69, 9.17) is 11.6 Å². The Balaban J connectivity index is 1.61. The number of anilines is 2. The lowest BCUT2D eigenvalue weighted by Gasteiger charge is -2.36. The second-order valence-electron chi connectivity index (χ2n) is 6.32. The summed E-state index contributed by atoms with van der Waals surface area (Å²) < 4.78 is 13.0. The first kappa shape index (κ1) is 17.5. The number of rotatable bonds is 2. The Morgan fingerprint density at radius 2 is 1.72 bits per heavy atom. The van der Waals surface area contributed by atoms with E-state index >= 15 is 0 Å². The van der Waals surface area contributed by atoms with Gasteiger partial charge in [0.1, 0.15) is 5.82 Å². The number of hydrogen-bond donors (Lipinski definition) is 1. The molecule has 0 saturated carbocycles. The summed E-state index contributed by atoms with van der Waals surface area (Å²) in [6, 6.07) is 10.1. The summed E-state index contributed by atoms with van der Waals surface area (Å²) >= 11 is 6.26. The number of nitrogens with zero attached hydrogens (tertiary/aromatic N) is 2. The molecule has 4 nitrogen and oxygen atoms in total. The van der Waals surface area contributed by atoms with E-state index in [0.29, 0.717) is 36.9 Å². The molecule has 25 heavy (non-hydrogen) atoms. The van der Waals surface area contributed by atoms with Crippen LogP contribution in [0, 0.1) is 19.7 Å². The van der Waals surface area contributed by atoms with Gasteiger partial charge in [0.2, 0.25) is 0 Å². The quantitative estimate of drug-likeness (QED) is 0.857. The third kappa shape index (κ3) is 4.04. The van der Waals surface area contributed by atoms with E-state index in [1.165, 1.54) is 12.1 Å². The fraction of sp³-hybridized carbons (Fsp3) is 0.316. The summed E-state index contributed by atoms with van der Waals surface area (Å²) in [5.74, 6) is -0.243. The lowest BCUT2D eigenvalue weighted by atomic mass is 10.1. The average Bonchev–Trinajstić information content (AvgIpc) is 2.59. The summed E-state index contributed by atoms with van der Waals surface area (Å²) in [6.07, 6.45) is 0. The maximum Gasteiger partial charge on any atom is 0.322 e. The Morgan fingerprint density at radius 1 is 1.08 bits per heavy atom. The number of nitrogens with one attached hydrogen (secondary N) is 1. The van der Waals surface area contributed by atoms with Crippen LogP contribution in [0.4, 0.5) is 20.6 Å². The molecule has 0 bridgehead atoms. The Kier molecular flexibility index (Phi) is 5.13. The number of piperazine rings is 1. The monoisotopic (exact) mass is 361 g/mol. The fourth-order valence-electron chi connectivity index (χ4n) is 3.08. The van der Waals surface area contributed by atoms with Crippen molar-refractivity contribution in [2.75, 3.05) is 36.4 Å². The van der Waals surface area contributed by atoms with Gasteiger partial charge in [0.15, 0.2) is 0 Å². The molecule has 0 spiro atoms. The third-order valence-corrected chi connectivity index (χ3v) is 4.72. The standard InChI is InChI=1S/C19H21ClFN3O/c1-13-11-14(2)18(17(20)12-13)22-19(25)24-9-7-23(8-10-24)16-5-3-15(21)4-6-16/h3-6,11-12H,7-10H2,1-2H3,(H,22,25). The van der Waals surface area contributed by atoms with Crippen LogP contribution in [0.3, 0.4) is 0 Å². The topological polar surface area (TPSA) is 35.6 Å². The summed E-state index contributed by atoms with van der Waals surface area (Å²) in [4.78, 5) is 16.5. The van der Waals surface area contributed by atoms with Gasteiger partial charge in [0, 0.05) is 31.9 Å². The lowest BCUT2D eigenvalue weighted by molar-refractivity contribution is 0.208. The van der Waals surface area contributed by atoms with Crippen LogP contribution in [-0.2, 0) is 0 Å². The minimum Gasteiger partial charge on any atom is -0.368 e. The largest absolute Gasteiger partial charge is 0.368 e. The van der Waals surface area contributed by atoms with Crippen molar-refractivity contribution in [3.05, 3.63) is 58.4 Å². The van der Waals surface area contributed by atoms with Crippen LogP contribution >= 0.6 is 11.6 Å². The first-order valence-corrected chi connectivity index (χ1v) is 8.65. The highest BCUT2D eigenvalue weighted by Crippen LogP contribution is 2.27. The van der Waals surface area contributed by atoms with Crippen LogP contribution in [0.2, 0.25) is 5.02 Å². The molecule has 2 aromatic rings. The molecule has 0 unspecified atom stereocenters. The predicted octanol–water partition coefficient (Wildman–Crippen LogP) is 4.45. The molecule has 1 N–H and O–H groups in total. The Labute approximate surface area is 152 Å². The molecule has 0 atom stereocenters. The van der Waals surface area contributed by atoms with E-state index in [0.717, 1.165) is 16.8 Å². The van der Waals surface area contributed by atoms with E-state index in [-0.39, 0.29) is 11.8 Å². The number of aryl methyl sites for hydroxylation is 2. The van der Waals surface area contributed by atoms with Gasteiger partial charge in [0.05, 0.1) is 10.7 Å². The van der Waals surface area contributed by atoms with Crippen molar-refractivity contribution in [3.63, 3.8) is 0 Å². The first-order valence-electron chi connectivity index (χ1n) is 8.27. The van der Waals surface area contributed by atoms with E-state index < -0.39 is 0 Å². The maximum absolute atomic E-state index is 13.0. The summed E-state index contributed by atoms with van der Waals surface area (Å²) in [5, 5.41) is 3.48. The van der Waals surface area contributed by atoms with Gasteiger partial charge >= 0.3 is 6.03 Å². The Bertz CT molecular complexity index is 748. The van der Waals surface area contributed by atoms with E-state index in [2.05, 4.69) is 10.2 Å². The van der Waals surface area contributed by atoms with Gasteiger partial charge < -0.3 is 15.1 Å². The van der Waals surface area contributed by atoms with Crippen LogP contribution in [0.25, 0.3) is 0 Å². The minimum atomic E-state index is -0.243. The highest BCUT2D eigenvalue weighted by molar-refractivity contribution is 6.34. The Morgan fingerprint density at radius 3 is 2.32 bits per heavy atom. The summed E-state index contributed by atoms with van der Waals surface area (Å²) in [7, 11) is 0. The normalized spacial score (nSPS) is 14.6. The molecule has 6 heteroatoms. The molecular formula is C19H21ClFN3O. The molecule has 1 heterocycles. The van der Waals surface area contributed by atoms with Gasteiger partial charge in [-0.25, -0.2) is 9.18 Å². The summed E-state index contributed by atoms with van der Waals surface area (Å²) in [5.41, 5.74) is 3.65. The van der Waals surface area contributed by atoms with Gasteiger partial charge in [-0.05, 0) is 55.3 Å². The number of carbonyl (C=O) groups excluding carboxylic acids is 1. The molecule has 0 aliphatic carbocycles. The number of benzene rings is 2. The average molecular weight is 362 g/mol. The molecule has 1 aliphatic rings. The van der Waals surface area contributed by atoms with Gasteiger partial charge in [-0.2, -0.15) is 0 Å². The lowest BCUT2D eigenvalue weighted by Crippen LogP contribution is -2.50. The van der Waals surface area contributed by atoms with Crippen molar-refractivity contribution in [2.24, 2.45) is 0 Å². The zero-order valence-corrected chi connectivity index (χ0v) is 15.1. The van der Waals surface area contributed by atoms with Crippen LogP contribution in [0.1, 0.15) is 11.1 Å². The van der Waals surface area contributed by atoms with Crippen molar-refractivity contribution in [2.45, 2.75) is 13.8 Å². The van der Waals surface area contributed by atoms with Crippen molar-refractivity contribution in [1.82, 2.24) is 4.90 Å². The van der Waals surface area contributed by atoms with Gasteiger partial charge in [-0.3, -0.25) is 0 Å². The van der Waals surface area contributed by atoms with E-state index in [1.54, 1.807) is 17.0 Å². The third-order valence-electron chi connectivity index (χ3n) is 4.42. The zero-order chi connectivity index (χ0) is 18.0. The van der Waals surface area contributed by atoms with Gasteiger partial charge in [0.25, 0.3) is 0 Å². The molecule has 0 aromatic heterocycles. The van der Waals surface area contributed by atoms with Gasteiger partial charge in [-0.15, -0.1) is 0 Å². The number of carbonyl (C=O) groups is 1. The van der Waals surface area contributed by atoms with Crippen molar-refractivity contribution in [1.29, 1.82) is 0 Å². The maximum atomic E-state index is 13.0. The highest BCUT2D eigenvalue weighted by atomic mass is 35.5. The number of hydrogen-bond acceptors (Lipinski definition) is 2. The first-order chi connectivity index (χ1) is 11.9. The number of halogens is 2. The van der Waals surface area contributed by atoms with E-state index in [9.17, 15) is 9.18 Å². The zero-order valence-electron chi connectivity index (χ0n) is 14.4. The second-order valence-corrected chi connectivity index (χ2v) is 6.73. The highest BCUT2D eigenvalue weighted by Gasteiger charge is 2.22. The van der Waals surface area contributed by atoms with Crippen molar-refractivity contribution < 1.29 is 9.18 Å². The minimum absolute atomic E-state index is 0.146. The molecule has 3 rings (SSSR count). The van der Waals surface area contributed by atoms with Crippen molar-refractivity contribution in [3.8, 4) is 0 Å². The second kappa shape index (κ2) is 7.31.